The van der Waals surface area contributed by atoms with Crippen LogP contribution in [-0.2, 0) is 13.6 Å². The third-order valence-corrected chi connectivity index (χ3v) is 5.65. The predicted molar refractivity (Wildman–Crippen MR) is 93.3 cm³/mol. The van der Waals surface area contributed by atoms with Crippen LogP contribution < -0.4 is 0 Å². The van der Waals surface area contributed by atoms with E-state index in [-0.39, 0.29) is 12.2 Å². The van der Waals surface area contributed by atoms with Gasteiger partial charge in [0, 0.05) is 18.8 Å². The van der Waals surface area contributed by atoms with E-state index in [0.29, 0.717) is 13.2 Å². The first-order valence-electron chi connectivity index (χ1n) is 7.33. The zero-order valence-electron chi connectivity index (χ0n) is 14.5. The number of hydrogen-bond donors (Lipinski definition) is 0. The van der Waals surface area contributed by atoms with Gasteiger partial charge in [0.05, 0.1) is 6.55 Å². The summed E-state index contributed by atoms with van der Waals surface area (Å²) in [6, 6.07) is 0. The molecule has 0 radical (unpaired) electrons. The van der Waals surface area contributed by atoms with Gasteiger partial charge in [-0.2, -0.15) is 0 Å². The molecule has 0 aromatic rings. The second-order valence-corrected chi connectivity index (χ2v) is 12.6. The molecule has 0 aliphatic rings. The topological polar surface area (TPSA) is 27.7 Å². The first-order chi connectivity index (χ1) is 9.54. The van der Waals surface area contributed by atoms with Gasteiger partial charge in [-0.3, -0.25) is 0 Å². The highest BCUT2D eigenvalue weighted by molar-refractivity contribution is 6.82. The van der Waals surface area contributed by atoms with E-state index < -0.39 is 16.6 Å². The van der Waals surface area contributed by atoms with E-state index in [4.69, 9.17) is 13.6 Å². The van der Waals surface area contributed by atoms with E-state index in [1.165, 1.54) is 0 Å². The van der Waals surface area contributed by atoms with Crippen LogP contribution in [0.1, 0.15) is 27.7 Å². The Balaban J connectivity index is 4.09. The molecule has 118 valence electrons. The summed E-state index contributed by atoms with van der Waals surface area (Å²) in [5, 5.41) is 0. The maximum Gasteiger partial charge on any atom is 0.490 e. The van der Waals surface area contributed by atoms with Crippen LogP contribution in [0.3, 0.4) is 0 Å². The van der Waals surface area contributed by atoms with Crippen molar-refractivity contribution in [3.05, 3.63) is 6.55 Å². The average molecular weight is 326 g/mol. The van der Waals surface area contributed by atoms with Gasteiger partial charge >= 0.3 is 8.32 Å². The molecule has 0 N–H and O–H groups in total. The number of ether oxygens (including phenoxy) is 1. The van der Waals surface area contributed by atoms with Crippen LogP contribution in [0.15, 0.2) is 0 Å². The van der Waals surface area contributed by atoms with Crippen molar-refractivity contribution in [2.24, 2.45) is 0 Å². The lowest BCUT2D eigenvalue weighted by molar-refractivity contribution is 0.204. The molecule has 1 unspecified atom stereocenters. The van der Waals surface area contributed by atoms with Crippen LogP contribution in [0.5, 0.6) is 0 Å². The molecule has 0 aromatic carbocycles. The molecule has 0 rings (SSSR count). The van der Waals surface area contributed by atoms with Crippen LogP contribution in [0.25, 0.3) is 0 Å². The minimum Gasteiger partial charge on any atom is -0.403 e. The molecule has 0 spiro atoms. The van der Waals surface area contributed by atoms with Gasteiger partial charge in [0.1, 0.15) is 13.2 Å². The van der Waals surface area contributed by atoms with Crippen molar-refractivity contribution < 1.29 is 13.6 Å². The highest BCUT2D eigenvalue weighted by Gasteiger charge is 2.33. The maximum absolute atomic E-state index is 5.81. The molecule has 0 aromatic heterocycles. The first kappa shape index (κ1) is 20.3. The Morgan fingerprint density at radius 2 is 1.33 bits per heavy atom. The van der Waals surface area contributed by atoms with E-state index >= 15 is 0 Å². The lowest BCUT2D eigenvalue weighted by Gasteiger charge is -2.19. The van der Waals surface area contributed by atoms with Gasteiger partial charge in [-0.1, -0.05) is 17.4 Å². The Morgan fingerprint density at radius 1 is 0.857 bits per heavy atom. The molecule has 0 aliphatic heterocycles. The fourth-order valence-corrected chi connectivity index (χ4v) is 5.07. The summed E-state index contributed by atoms with van der Waals surface area (Å²) in [7, 11) is -4.01. The van der Waals surface area contributed by atoms with E-state index in [0.717, 1.165) is 0 Å². The van der Waals surface area contributed by atoms with Crippen LogP contribution in [0, 0.1) is 29.5 Å². The van der Waals surface area contributed by atoms with Crippen LogP contribution in [0.2, 0.25) is 19.6 Å². The molecule has 0 fully saturated rings. The van der Waals surface area contributed by atoms with E-state index in [2.05, 4.69) is 42.6 Å². The molecule has 21 heavy (non-hydrogen) atoms. The fraction of sp³-hybridized carbons (Fsp3) is 0.688. The number of rotatable bonds is 6. The Bertz CT molecular complexity index is 380. The lowest BCUT2D eigenvalue weighted by atomic mass is 10.5. The van der Waals surface area contributed by atoms with E-state index in [1.54, 1.807) is 0 Å². The molecule has 0 aliphatic carbocycles. The van der Waals surface area contributed by atoms with Crippen LogP contribution in [-0.4, -0.2) is 42.1 Å². The van der Waals surface area contributed by atoms with Gasteiger partial charge in [-0.25, -0.2) is 0 Å². The molecule has 0 bridgehead atoms. The smallest absolute Gasteiger partial charge is 0.403 e. The summed E-state index contributed by atoms with van der Waals surface area (Å²) >= 11 is 0. The van der Waals surface area contributed by atoms with Gasteiger partial charge in [-0.05, 0) is 46.3 Å². The quantitative estimate of drug-likeness (QED) is 0.325. The van der Waals surface area contributed by atoms with Gasteiger partial charge in [0.2, 0.25) is 0 Å². The third kappa shape index (κ3) is 12.7. The summed E-state index contributed by atoms with van der Waals surface area (Å²) in [6.07, 6.45) is 0.377. The minimum atomic E-state index is -2.12. The molecule has 0 heterocycles. The number of hydrogen-bond acceptors (Lipinski definition) is 3. The minimum absolute atomic E-state index is 0.161. The van der Waals surface area contributed by atoms with Crippen molar-refractivity contribution in [2.75, 3.05) is 13.2 Å². The highest BCUT2D eigenvalue weighted by atomic mass is 28.4. The van der Waals surface area contributed by atoms with E-state index in [9.17, 15) is 0 Å². The van der Waals surface area contributed by atoms with Crippen molar-refractivity contribution in [2.45, 2.75) is 59.5 Å². The largest absolute Gasteiger partial charge is 0.490 e. The summed E-state index contributed by atoms with van der Waals surface area (Å²) in [5.74, 6) is 6.00. The van der Waals surface area contributed by atoms with Crippen molar-refractivity contribution in [1.29, 1.82) is 0 Å². The molecular weight excluding hydrogens is 296 g/mol. The Labute approximate surface area is 133 Å². The third-order valence-electron chi connectivity index (χ3n) is 2.12. The standard InChI is InChI=1S/C16H29O3Si2/c1-15(2)18-20(5,6)13-9-11-17-12-10-14-21(7,8)19-16(3)4/h15-16H,5,11-12H2,1-4,6-8H3/q+1. The van der Waals surface area contributed by atoms with Gasteiger partial charge in [0.15, 0.2) is 0 Å². The Kier molecular flexibility index (Phi) is 9.04. The molecule has 1 atom stereocenters. The van der Waals surface area contributed by atoms with Gasteiger partial charge in [-0.15, -0.1) is 0 Å². The van der Waals surface area contributed by atoms with Gasteiger partial charge in [0.25, 0.3) is 8.32 Å². The van der Waals surface area contributed by atoms with Crippen molar-refractivity contribution >= 4 is 16.6 Å². The second-order valence-electron chi connectivity index (χ2n) is 6.17. The maximum atomic E-state index is 5.81. The predicted octanol–water partition coefficient (Wildman–Crippen LogP) is 3.09. The summed E-state index contributed by atoms with van der Waals surface area (Å²) in [6.45, 7) is 19.0. The monoisotopic (exact) mass is 325 g/mol. The van der Waals surface area contributed by atoms with Crippen molar-refractivity contribution in [1.82, 2.24) is 0 Å². The molecule has 5 heteroatoms. The molecule has 0 saturated heterocycles. The zero-order valence-corrected chi connectivity index (χ0v) is 16.5. The Morgan fingerprint density at radius 3 is 1.81 bits per heavy atom. The SMILES string of the molecule is [CH2+][Si](C)(C#CCOCC#C[Si](C)(C)OC(C)C)OC(C)C. The van der Waals surface area contributed by atoms with Crippen molar-refractivity contribution in [3.8, 4) is 22.9 Å². The summed E-state index contributed by atoms with van der Waals surface area (Å²) in [5.41, 5.74) is 6.28. The normalized spacial score (nSPS) is 14.1. The van der Waals surface area contributed by atoms with E-state index in [1.807, 2.05) is 34.2 Å². The van der Waals surface area contributed by atoms with Gasteiger partial charge < -0.3 is 13.6 Å². The molecule has 0 amide bonds. The average Bonchev–Trinajstić information content (AvgIpc) is 2.23. The Hall–Kier alpha value is -0.696. The fourth-order valence-electron chi connectivity index (χ4n) is 1.79. The lowest BCUT2D eigenvalue weighted by Crippen LogP contribution is -2.33. The molecular formula is C16H29O3Si2+. The molecule has 3 nitrogen and oxygen atoms in total. The first-order valence-corrected chi connectivity index (χ1v) is 12.9. The van der Waals surface area contributed by atoms with Crippen LogP contribution in [0.4, 0.5) is 0 Å². The van der Waals surface area contributed by atoms with Crippen molar-refractivity contribution in [3.63, 3.8) is 0 Å². The summed E-state index contributed by atoms with van der Waals surface area (Å²) in [4.78, 5) is 0. The molecule has 0 saturated carbocycles. The zero-order chi connectivity index (χ0) is 16.5. The van der Waals surface area contributed by atoms with Crippen LogP contribution >= 0.6 is 0 Å². The second kappa shape index (κ2) is 9.35. The highest BCUT2D eigenvalue weighted by Crippen LogP contribution is 2.06. The summed E-state index contributed by atoms with van der Waals surface area (Å²) < 4.78 is 16.9.